The van der Waals surface area contributed by atoms with E-state index in [2.05, 4.69) is 92.6 Å². The standard InChI is InChI=1S/C25H38/c1-10-23(4,5)19-13-14-21-18(15-19)16-20(24(6,7)11-2)17-22(21)25(8,9)12-3/h13-17H,10-12H2,1-9H3. The van der Waals surface area contributed by atoms with Crippen LogP contribution in [0.2, 0.25) is 0 Å². The number of rotatable bonds is 6. The molecule has 0 aliphatic heterocycles. The van der Waals surface area contributed by atoms with Crippen molar-refractivity contribution < 1.29 is 0 Å². The van der Waals surface area contributed by atoms with Gasteiger partial charge in [-0.05, 0) is 63.0 Å². The van der Waals surface area contributed by atoms with Crippen molar-refractivity contribution in [1.82, 2.24) is 0 Å². The lowest BCUT2D eigenvalue weighted by atomic mass is 9.73. The molecule has 0 radical (unpaired) electrons. The van der Waals surface area contributed by atoms with E-state index in [-0.39, 0.29) is 16.2 Å². The van der Waals surface area contributed by atoms with Gasteiger partial charge < -0.3 is 0 Å². The summed E-state index contributed by atoms with van der Waals surface area (Å²) in [5.74, 6) is 0. The van der Waals surface area contributed by atoms with Gasteiger partial charge in [0.25, 0.3) is 0 Å². The van der Waals surface area contributed by atoms with Gasteiger partial charge in [0.1, 0.15) is 0 Å². The minimum Gasteiger partial charge on any atom is -0.0646 e. The van der Waals surface area contributed by atoms with Gasteiger partial charge in [0.15, 0.2) is 0 Å². The second kappa shape index (κ2) is 6.78. The van der Waals surface area contributed by atoms with Crippen LogP contribution in [-0.4, -0.2) is 0 Å². The summed E-state index contributed by atoms with van der Waals surface area (Å²) in [5, 5.41) is 2.84. The topological polar surface area (TPSA) is 0 Å². The van der Waals surface area contributed by atoms with E-state index in [0.717, 1.165) is 19.3 Å². The van der Waals surface area contributed by atoms with E-state index in [0.29, 0.717) is 0 Å². The zero-order chi connectivity index (χ0) is 19.0. The molecule has 0 saturated heterocycles. The van der Waals surface area contributed by atoms with Crippen molar-refractivity contribution in [3.8, 4) is 0 Å². The first kappa shape index (κ1) is 20.0. The van der Waals surface area contributed by atoms with Crippen LogP contribution >= 0.6 is 0 Å². The van der Waals surface area contributed by atoms with Crippen LogP contribution in [0.4, 0.5) is 0 Å². The van der Waals surface area contributed by atoms with E-state index in [1.807, 2.05) is 0 Å². The summed E-state index contributed by atoms with van der Waals surface area (Å²) in [4.78, 5) is 0. The van der Waals surface area contributed by atoms with E-state index in [4.69, 9.17) is 0 Å². The van der Waals surface area contributed by atoms with Crippen LogP contribution in [0.5, 0.6) is 0 Å². The number of benzene rings is 2. The molecule has 0 unspecified atom stereocenters. The highest BCUT2D eigenvalue weighted by atomic mass is 14.3. The maximum absolute atomic E-state index is 2.49. The molecule has 0 aliphatic rings. The van der Waals surface area contributed by atoms with Gasteiger partial charge in [-0.1, -0.05) is 92.6 Å². The average Bonchev–Trinajstić information content (AvgIpc) is 2.59. The van der Waals surface area contributed by atoms with Gasteiger partial charge >= 0.3 is 0 Å². The molecule has 0 amide bonds. The molecule has 2 aromatic rings. The Morgan fingerprint density at radius 1 is 0.600 bits per heavy atom. The first-order chi connectivity index (χ1) is 11.5. The molecule has 0 N–H and O–H groups in total. The van der Waals surface area contributed by atoms with E-state index < -0.39 is 0 Å². The first-order valence-corrected chi connectivity index (χ1v) is 10.1. The van der Waals surface area contributed by atoms with E-state index in [9.17, 15) is 0 Å². The molecule has 0 bridgehead atoms. The lowest BCUT2D eigenvalue weighted by molar-refractivity contribution is 0.491. The molecule has 2 rings (SSSR count). The molecule has 0 spiro atoms. The first-order valence-electron chi connectivity index (χ1n) is 10.1. The Bertz CT molecular complexity index is 739. The summed E-state index contributed by atoms with van der Waals surface area (Å²) in [6.07, 6.45) is 3.47. The van der Waals surface area contributed by atoms with Gasteiger partial charge in [-0.2, -0.15) is 0 Å². The van der Waals surface area contributed by atoms with Crippen molar-refractivity contribution in [3.63, 3.8) is 0 Å². The Morgan fingerprint density at radius 3 is 1.60 bits per heavy atom. The molecule has 0 fully saturated rings. The zero-order valence-corrected chi connectivity index (χ0v) is 18.0. The quantitative estimate of drug-likeness (QED) is 0.502. The Kier molecular flexibility index (Phi) is 5.43. The molecule has 138 valence electrons. The predicted octanol–water partition coefficient (Wildman–Crippen LogP) is 7.90. The molecular formula is C25H38. The molecule has 0 heteroatoms. The van der Waals surface area contributed by atoms with Gasteiger partial charge in [-0.3, -0.25) is 0 Å². The number of hydrogen-bond donors (Lipinski definition) is 0. The number of hydrogen-bond acceptors (Lipinski definition) is 0. The SMILES string of the molecule is CCC(C)(C)c1ccc2c(C(C)(C)CC)cc(C(C)(C)CC)cc2c1. The molecule has 0 atom stereocenters. The second-order valence-corrected chi connectivity index (χ2v) is 9.67. The molecule has 0 saturated carbocycles. The third-order valence-corrected chi connectivity index (χ3v) is 6.90. The monoisotopic (exact) mass is 338 g/mol. The largest absolute Gasteiger partial charge is 0.0646 e. The van der Waals surface area contributed by atoms with Crippen LogP contribution in [-0.2, 0) is 16.2 Å². The summed E-state index contributed by atoms with van der Waals surface area (Å²) in [6, 6.07) is 12.1. The van der Waals surface area contributed by atoms with E-state index in [1.165, 1.54) is 27.5 Å². The van der Waals surface area contributed by atoms with Gasteiger partial charge in [0.05, 0.1) is 0 Å². The van der Waals surface area contributed by atoms with Crippen LogP contribution in [0.25, 0.3) is 10.8 Å². The fourth-order valence-corrected chi connectivity index (χ4v) is 3.34. The van der Waals surface area contributed by atoms with Gasteiger partial charge in [0, 0.05) is 0 Å². The second-order valence-electron chi connectivity index (χ2n) is 9.67. The molecule has 0 aromatic heterocycles. The van der Waals surface area contributed by atoms with E-state index >= 15 is 0 Å². The van der Waals surface area contributed by atoms with Crippen molar-refractivity contribution in [2.45, 2.75) is 97.8 Å². The van der Waals surface area contributed by atoms with Crippen molar-refractivity contribution in [2.24, 2.45) is 0 Å². The predicted molar refractivity (Wildman–Crippen MR) is 114 cm³/mol. The molecule has 25 heavy (non-hydrogen) atoms. The fraction of sp³-hybridized carbons (Fsp3) is 0.600. The lowest BCUT2D eigenvalue weighted by Crippen LogP contribution is -2.21. The highest BCUT2D eigenvalue weighted by molar-refractivity contribution is 5.88. The van der Waals surface area contributed by atoms with Crippen LogP contribution in [0.1, 0.15) is 98.3 Å². The zero-order valence-electron chi connectivity index (χ0n) is 18.0. The highest BCUT2D eigenvalue weighted by Crippen LogP contribution is 2.39. The van der Waals surface area contributed by atoms with Gasteiger partial charge in [-0.25, -0.2) is 0 Å². The summed E-state index contributed by atoms with van der Waals surface area (Å²) in [6.45, 7) is 21.1. The average molecular weight is 339 g/mol. The van der Waals surface area contributed by atoms with Crippen LogP contribution in [0, 0.1) is 0 Å². The Hall–Kier alpha value is -1.30. The minimum absolute atomic E-state index is 0.194. The maximum Gasteiger partial charge on any atom is -0.00999 e. The molecule has 0 nitrogen and oxygen atoms in total. The van der Waals surface area contributed by atoms with Crippen molar-refractivity contribution in [1.29, 1.82) is 0 Å². The van der Waals surface area contributed by atoms with Gasteiger partial charge in [0.2, 0.25) is 0 Å². The van der Waals surface area contributed by atoms with Crippen LogP contribution in [0.15, 0.2) is 30.3 Å². The summed E-state index contributed by atoms with van der Waals surface area (Å²) in [7, 11) is 0. The molecule has 0 heterocycles. The van der Waals surface area contributed by atoms with Crippen molar-refractivity contribution in [2.75, 3.05) is 0 Å². The Labute approximate surface area is 156 Å². The maximum atomic E-state index is 2.49. The highest BCUT2D eigenvalue weighted by Gasteiger charge is 2.26. The normalized spacial score (nSPS) is 13.5. The summed E-state index contributed by atoms with van der Waals surface area (Å²) < 4.78 is 0. The fourth-order valence-electron chi connectivity index (χ4n) is 3.34. The molecule has 2 aromatic carbocycles. The summed E-state index contributed by atoms with van der Waals surface area (Å²) >= 11 is 0. The van der Waals surface area contributed by atoms with Gasteiger partial charge in [-0.15, -0.1) is 0 Å². The van der Waals surface area contributed by atoms with Crippen molar-refractivity contribution >= 4 is 10.8 Å². The summed E-state index contributed by atoms with van der Waals surface area (Å²) in [5.41, 5.74) is 5.07. The van der Waals surface area contributed by atoms with E-state index in [1.54, 1.807) is 0 Å². The molecule has 0 aliphatic carbocycles. The number of fused-ring (bicyclic) bond motifs is 1. The third-order valence-electron chi connectivity index (χ3n) is 6.90. The Morgan fingerprint density at radius 2 is 1.08 bits per heavy atom. The lowest BCUT2D eigenvalue weighted by Gasteiger charge is -2.31. The van der Waals surface area contributed by atoms with Crippen LogP contribution < -0.4 is 0 Å². The van der Waals surface area contributed by atoms with Crippen LogP contribution in [0.3, 0.4) is 0 Å². The molecular weight excluding hydrogens is 300 g/mol. The smallest absolute Gasteiger partial charge is 0.00999 e. The van der Waals surface area contributed by atoms with Crippen molar-refractivity contribution in [3.05, 3.63) is 47.0 Å². The third kappa shape index (κ3) is 3.78. The Balaban J connectivity index is 2.82. The minimum atomic E-state index is 0.194.